The van der Waals surface area contributed by atoms with E-state index in [-0.39, 0.29) is 0 Å². The van der Waals surface area contributed by atoms with E-state index < -0.39 is 57.4 Å². The van der Waals surface area contributed by atoms with Gasteiger partial charge in [0.1, 0.15) is 0 Å². The molecule has 194 valence electrons. The van der Waals surface area contributed by atoms with Crippen molar-refractivity contribution in [1.82, 2.24) is 0 Å². The Balaban J connectivity index is 7.26. The molecule has 0 rings (SSSR count). The first-order chi connectivity index (χ1) is 13.4. The fourth-order valence-corrected chi connectivity index (χ4v) is 3.44. The topological polar surface area (TPSA) is 27.7 Å². The molecule has 0 atom stereocenters. The number of halogens is 20. The lowest BCUT2D eigenvalue weighted by Gasteiger charge is -2.42. The van der Waals surface area contributed by atoms with E-state index in [9.17, 15) is 87.8 Å². The van der Waals surface area contributed by atoms with Crippen LogP contribution in [0, 0.1) is 0 Å². The van der Waals surface area contributed by atoms with Crippen molar-refractivity contribution in [1.29, 1.82) is 0 Å². The monoisotopic (exact) mass is 552 g/mol. The van der Waals surface area contributed by atoms with Gasteiger partial charge in [0, 0.05) is 0 Å². The second-order valence-corrected chi connectivity index (χ2v) is 7.35. The van der Waals surface area contributed by atoms with Crippen LogP contribution < -0.4 is 0 Å². The van der Waals surface area contributed by atoms with E-state index in [1.807, 2.05) is 0 Å². The molecule has 0 heterocycles. The minimum atomic E-state index is -9.95. The van der Waals surface area contributed by atoms with Crippen LogP contribution in [0.5, 0.6) is 0 Å². The standard InChI is InChI=1S/C8F20O3Si/c9-1(10,2(11,12)4(15,16)17)3(13,14)5(18,19)32(29-6(20,21)22,30-7(23,24)25)31-8(26,27)28. The zero-order valence-corrected chi connectivity index (χ0v) is 14.3. The van der Waals surface area contributed by atoms with Gasteiger partial charge in [-0.1, -0.05) is 0 Å². The fraction of sp³-hybridized carbons (Fsp3) is 1.00. The van der Waals surface area contributed by atoms with Crippen molar-refractivity contribution < 1.29 is 101 Å². The molecule has 3 nitrogen and oxygen atoms in total. The van der Waals surface area contributed by atoms with Crippen molar-refractivity contribution in [2.75, 3.05) is 0 Å². The molecule has 0 saturated carbocycles. The van der Waals surface area contributed by atoms with Gasteiger partial charge in [-0.25, -0.2) is 0 Å². The minimum Gasteiger partial charge on any atom is -0.280 e. The largest absolute Gasteiger partial charge is 0.601 e. The van der Waals surface area contributed by atoms with Gasteiger partial charge < -0.3 is 0 Å². The van der Waals surface area contributed by atoms with Gasteiger partial charge in [0.05, 0.1) is 0 Å². The van der Waals surface area contributed by atoms with Crippen molar-refractivity contribution >= 4 is 8.80 Å². The molecule has 32 heavy (non-hydrogen) atoms. The Morgan fingerprint density at radius 2 is 0.594 bits per heavy atom. The molecule has 0 aromatic carbocycles. The van der Waals surface area contributed by atoms with E-state index in [2.05, 4.69) is 0 Å². The molecule has 0 aromatic rings. The molecule has 0 aliphatic heterocycles. The van der Waals surface area contributed by atoms with E-state index in [1.54, 1.807) is 0 Å². The maximum Gasteiger partial charge on any atom is 0.601 e. The van der Waals surface area contributed by atoms with Crippen LogP contribution in [0.3, 0.4) is 0 Å². The Hall–Kier alpha value is -1.30. The highest BCUT2D eigenvalue weighted by Crippen LogP contribution is 2.60. The van der Waals surface area contributed by atoms with Gasteiger partial charge in [-0.05, 0) is 0 Å². The van der Waals surface area contributed by atoms with Crippen LogP contribution >= 0.6 is 0 Å². The SMILES string of the molecule is FC(F)(F)O[Si](OC(F)(F)F)(OC(F)(F)F)C(F)(F)C(F)(F)C(F)(F)C(F)(F)C(F)(F)F. The van der Waals surface area contributed by atoms with Crippen molar-refractivity contribution in [3.63, 3.8) is 0 Å². The molecule has 0 aromatic heterocycles. The van der Waals surface area contributed by atoms with Gasteiger partial charge in [0.15, 0.2) is 0 Å². The molecular formula is C8F20O3Si. The molecule has 0 bridgehead atoms. The number of hydrogen-bond acceptors (Lipinski definition) is 3. The third-order valence-corrected chi connectivity index (χ3v) is 5.26. The van der Waals surface area contributed by atoms with Crippen molar-refractivity contribution in [2.45, 2.75) is 48.6 Å². The van der Waals surface area contributed by atoms with E-state index in [1.165, 1.54) is 13.3 Å². The van der Waals surface area contributed by atoms with Gasteiger partial charge in [0.25, 0.3) is 0 Å². The number of hydrogen-bond donors (Lipinski definition) is 0. The zero-order chi connectivity index (χ0) is 26.6. The summed E-state index contributed by atoms with van der Waals surface area (Å²) in [4.78, 5) is 0. The average molecular weight is 552 g/mol. The predicted octanol–water partition coefficient (Wildman–Crippen LogP) is 6.18. The lowest BCUT2D eigenvalue weighted by Crippen LogP contribution is -2.77. The first-order valence-corrected chi connectivity index (χ1v) is 7.98. The molecule has 0 unspecified atom stereocenters. The van der Waals surface area contributed by atoms with Crippen LogP contribution in [0.25, 0.3) is 0 Å². The molecule has 0 fully saturated rings. The Morgan fingerprint density at radius 3 is 0.781 bits per heavy atom. The summed E-state index contributed by atoms with van der Waals surface area (Å²) in [5.41, 5.74) is -8.61. The van der Waals surface area contributed by atoms with Crippen LogP contribution in [0.2, 0.25) is 0 Å². The van der Waals surface area contributed by atoms with E-state index in [0.29, 0.717) is 0 Å². The van der Waals surface area contributed by atoms with Crippen molar-refractivity contribution in [2.24, 2.45) is 0 Å². The first-order valence-electron chi connectivity index (χ1n) is 6.25. The highest BCUT2D eigenvalue weighted by Gasteiger charge is 2.94. The van der Waals surface area contributed by atoms with Gasteiger partial charge in [0.2, 0.25) is 0 Å². The molecule has 0 spiro atoms. The molecule has 0 aliphatic carbocycles. The molecule has 0 amide bonds. The summed E-state index contributed by atoms with van der Waals surface area (Å²) in [6.45, 7) is 0. The summed E-state index contributed by atoms with van der Waals surface area (Å²) < 4.78 is 256. The summed E-state index contributed by atoms with van der Waals surface area (Å²) in [7, 11) is -9.95. The second-order valence-electron chi connectivity index (χ2n) is 4.99. The van der Waals surface area contributed by atoms with E-state index in [4.69, 9.17) is 0 Å². The quantitative estimate of drug-likeness (QED) is 0.279. The lowest BCUT2D eigenvalue weighted by atomic mass is 10.0. The third kappa shape index (κ3) is 5.78. The average Bonchev–Trinajstić information content (AvgIpc) is 2.39. The zero-order valence-electron chi connectivity index (χ0n) is 13.3. The van der Waals surface area contributed by atoms with Gasteiger partial charge in [-0.15, -0.1) is 39.5 Å². The summed E-state index contributed by atoms with van der Waals surface area (Å²) in [5, 5.41) is 0. The third-order valence-electron chi connectivity index (χ3n) is 2.67. The van der Waals surface area contributed by atoms with E-state index >= 15 is 0 Å². The Kier molecular flexibility index (Phi) is 7.56. The molecule has 0 aliphatic rings. The minimum absolute atomic E-state index is 1.49. The number of rotatable bonds is 7. The fourth-order valence-electron chi connectivity index (χ4n) is 1.48. The highest BCUT2D eigenvalue weighted by molar-refractivity contribution is 6.64. The maximum atomic E-state index is 13.8. The van der Waals surface area contributed by atoms with Gasteiger partial charge in [-0.2, -0.15) is 48.3 Å². The summed E-state index contributed by atoms with van der Waals surface area (Å²) >= 11 is 0. The second kappa shape index (κ2) is 7.88. The highest BCUT2D eigenvalue weighted by atomic mass is 28.4. The van der Waals surface area contributed by atoms with E-state index in [0.717, 1.165) is 0 Å². The molecular weight excluding hydrogens is 552 g/mol. The van der Waals surface area contributed by atoms with Gasteiger partial charge >= 0.3 is 57.4 Å². The Bertz CT molecular complexity index is 613. The first kappa shape index (κ1) is 30.7. The normalized spacial score (nSPS) is 16.5. The van der Waals surface area contributed by atoms with Crippen LogP contribution in [-0.2, 0) is 13.3 Å². The van der Waals surface area contributed by atoms with Crippen LogP contribution in [0.15, 0.2) is 0 Å². The smallest absolute Gasteiger partial charge is 0.280 e. The van der Waals surface area contributed by atoms with Crippen molar-refractivity contribution in [3.8, 4) is 0 Å². The van der Waals surface area contributed by atoms with Crippen molar-refractivity contribution in [3.05, 3.63) is 0 Å². The molecule has 0 N–H and O–H groups in total. The summed E-state index contributed by atoms with van der Waals surface area (Å²) in [6, 6.07) is 0. The van der Waals surface area contributed by atoms with Crippen LogP contribution in [0.1, 0.15) is 0 Å². The maximum absolute atomic E-state index is 13.8. The summed E-state index contributed by atoms with van der Waals surface area (Å²) in [5.74, 6) is -25.9. The Morgan fingerprint density at radius 1 is 0.344 bits per heavy atom. The lowest BCUT2D eigenvalue weighted by molar-refractivity contribution is -0.430. The molecule has 0 radical (unpaired) electrons. The van der Waals surface area contributed by atoms with Gasteiger partial charge in [-0.3, -0.25) is 13.3 Å². The number of alkyl halides is 20. The Labute approximate surface area is 160 Å². The van der Waals surface area contributed by atoms with Crippen LogP contribution in [-0.4, -0.2) is 57.4 Å². The summed E-state index contributed by atoms with van der Waals surface area (Å²) in [6.07, 6.45) is -30.1. The molecule has 24 heteroatoms. The predicted molar refractivity (Wildman–Crippen MR) is 53.0 cm³/mol. The van der Waals surface area contributed by atoms with Crippen LogP contribution in [0.4, 0.5) is 87.8 Å². The molecule has 0 saturated heterocycles.